The van der Waals surface area contributed by atoms with Crippen LogP contribution in [0, 0.1) is 13.8 Å². The van der Waals surface area contributed by atoms with Crippen LogP contribution in [-0.4, -0.2) is 14.0 Å². The van der Waals surface area contributed by atoms with Crippen molar-refractivity contribution in [3.63, 3.8) is 0 Å². The molecule has 19 heavy (non-hydrogen) atoms. The lowest BCUT2D eigenvalue weighted by atomic mass is 10.2. The summed E-state index contributed by atoms with van der Waals surface area (Å²) in [6.07, 6.45) is 0. The molecule has 0 saturated heterocycles. The molecule has 4 rings (SSSR count). The van der Waals surface area contributed by atoms with Gasteiger partial charge in [0.2, 0.25) is 5.78 Å². The average Bonchev–Trinajstić information content (AvgIpc) is 2.88. The predicted molar refractivity (Wildman–Crippen MR) is 78.6 cm³/mol. The van der Waals surface area contributed by atoms with Gasteiger partial charge in [0, 0.05) is 7.05 Å². The van der Waals surface area contributed by atoms with Gasteiger partial charge in [-0.1, -0.05) is 18.2 Å². The van der Waals surface area contributed by atoms with Crippen molar-refractivity contribution in [2.24, 2.45) is 7.05 Å². The molecule has 0 unspecified atom stereocenters. The molecular weight excluding hydrogens is 234 g/mol. The summed E-state index contributed by atoms with van der Waals surface area (Å²) < 4.78 is 4.44. The van der Waals surface area contributed by atoms with Gasteiger partial charge in [-0.15, -0.1) is 0 Å². The number of fused-ring (bicyclic) bond motifs is 5. The van der Waals surface area contributed by atoms with E-state index in [0.29, 0.717) is 0 Å². The van der Waals surface area contributed by atoms with Gasteiger partial charge in [0.05, 0.1) is 22.1 Å². The van der Waals surface area contributed by atoms with Crippen LogP contribution >= 0.6 is 0 Å². The Kier molecular flexibility index (Phi) is 1.89. The lowest BCUT2D eigenvalue weighted by Crippen LogP contribution is -1.87. The van der Waals surface area contributed by atoms with Crippen molar-refractivity contribution in [1.29, 1.82) is 0 Å². The number of benzene rings is 2. The summed E-state index contributed by atoms with van der Waals surface area (Å²) in [4.78, 5) is 4.76. The molecule has 94 valence electrons. The molecule has 2 aromatic heterocycles. The zero-order valence-corrected chi connectivity index (χ0v) is 11.3. The molecule has 0 atom stereocenters. The summed E-state index contributed by atoms with van der Waals surface area (Å²) in [5.41, 5.74) is 7.28. The molecule has 0 spiro atoms. The Balaban J connectivity index is 2.39. The molecule has 0 aliphatic heterocycles. The van der Waals surface area contributed by atoms with Gasteiger partial charge in [0.1, 0.15) is 0 Å². The van der Waals surface area contributed by atoms with Crippen LogP contribution in [0.2, 0.25) is 0 Å². The summed E-state index contributed by atoms with van der Waals surface area (Å²) >= 11 is 0. The zero-order chi connectivity index (χ0) is 13.1. The van der Waals surface area contributed by atoms with E-state index in [9.17, 15) is 0 Å². The monoisotopic (exact) mass is 249 g/mol. The Morgan fingerprint density at radius 2 is 1.84 bits per heavy atom. The highest BCUT2D eigenvalue weighted by atomic mass is 15.2. The molecule has 0 radical (unpaired) electrons. The van der Waals surface area contributed by atoms with Crippen LogP contribution in [0.15, 0.2) is 36.4 Å². The minimum Gasteiger partial charge on any atom is -0.313 e. The Bertz CT molecular complexity index is 941. The summed E-state index contributed by atoms with van der Waals surface area (Å²) in [6, 6.07) is 12.8. The van der Waals surface area contributed by atoms with Crippen molar-refractivity contribution in [1.82, 2.24) is 14.0 Å². The highest BCUT2D eigenvalue weighted by Crippen LogP contribution is 2.27. The Morgan fingerprint density at radius 1 is 1.00 bits per heavy atom. The highest BCUT2D eigenvalue weighted by Gasteiger charge is 2.14. The number of imidazole rings is 2. The minimum absolute atomic E-state index is 1.00. The lowest BCUT2D eigenvalue weighted by Gasteiger charge is -2.00. The number of aryl methyl sites for hydroxylation is 3. The Hall–Kier alpha value is -2.29. The van der Waals surface area contributed by atoms with E-state index >= 15 is 0 Å². The van der Waals surface area contributed by atoms with E-state index in [1.807, 2.05) is 0 Å². The zero-order valence-electron chi connectivity index (χ0n) is 11.3. The fourth-order valence-electron chi connectivity index (χ4n) is 2.93. The number of hydrogen-bond acceptors (Lipinski definition) is 1. The molecule has 0 fully saturated rings. The van der Waals surface area contributed by atoms with Gasteiger partial charge in [-0.3, -0.25) is 4.40 Å². The molecule has 2 heterocycles. The smallest absolute Gasteiger partial charge is 0.215 e. The molecule has 0 N–H and O–H groups in total. The van der Waals surface area contributed by atoms with Gasteiger partial charge < -0.3 is 4.57 Å². The van der Waals surface area contributed by atoms with Crippen molar-refractivity contribution in [3.05, 3.63) is 47.5 Å². The molecule has 4 aromatic rings. The summed E-state index contributed by atoms with van der Waals surface area (Å²) in [7, 11) is 2.08. The third-order valence-electron chi connectivity index (χ3n) is 3.89. The number of aromatic nitrogens is 3. The molecule has 0 amide bonds. The van der Waals surface area contributed by atoms with E-state index in [1.54, 1.807) is 0 Å². The van der Waals surface area contributed by atoms with Crippen molar-refractivity contribution in [2.45, 2.75) is 13.8 Å². The molecule has 2 aromatic carbocycles. The Morgan fingerprint density at radius 3 is 2.68 bits per heavy atom. The first kappa shape index (κ1) is 10.6. The van der Waals surface area contributed by atoms with Gasteiger partial charge in [-0.2, -0.15) is 0 Å². The molecular formula is C16H15N3. The normalized spacial score (nSPS) is 11.9. The van der Waals surface area contributed by atoms with Crippen molar-refractivity contribution < 1.29 is 0 Å². The standard InChI is InChI=1S/C16H15N3/c1-10-7-8-12-14(9-10)19-15-11(2)5-4-6-13(15)18(3)16(19)17-12/h4-9H,1-3H3. The van der Waals surface area contributed by atoms with Gasteiger partial charge in [-0.25, -0.2) is 4.98 Å². The van der Waals surface area contributed by atoms with E-state index in [4.69, 9.17) is 4.98 Å². The third kappa shape index (κ3) is 1.24. The number of hydrogen-bond donors (Lipinski definition) is 0. The van der Waals surface area contributed by atoms with Gasteiger partial charge in [0.25, 0.3) is 0 Å². The Labute approximate surface area is 111 Å². The van der Waals surface area contributed by atoms with Crippen LogP contribution in [0.3, 0.4) is 0 Å². The van der Waals surface area contributed by atoms with Crippen molar-refractivity contribution >= 4 is 27.8 Å². The molecule has 0 bridgehead atoms. The molecule has 0 aliphatic rings. The van der Waals surface area contributed by atoms with Crippen molar-refractivity contribution in [3.8, 4) is 0 Å². The molecule has 0 aliphatic carbocycles. The second-order valence-electron chi connectivity index (χ2n) is 5.24. The highest BCUT2D eigenvalue weighted by molar-refractivity contribution is 5.92. The molecule has 3 heteroatoms. The second-order valence-corrected chi connectivity index (χ2v) is 5.24. The van der Waals surface area contributed by atoms with Gasteiger partial charge in [0.15, 0.2) is 0 Å². The van der Waals surface area contributed by atoms with Crippen LogP contribution in [0.4, 0.5) is 0 Å². The van der Waals surface area contributed by atoms with Crippen molar-refractivity contribution in [2.75, 3.05) is 0 Å². The van der Waals surface area contributed by atoms with E-state index in [1.165, 1.54) is 27.7 Å². The topological polar surface area (TPSA) is 22.2 Å². The maximum absolute atomic E-state index is 4.76. The quantitative estimate of drug-likeness (QED) is 0.467. The second kappa shape index (κ2) is 3.38. The van der Waals surface area contributed by atoms with E-state index in [-0.39, 0.29) is 0 Å². The van der Waals surface area contributed by atoms with Gasteiger partial charge >= 0.3 is 0 Å². The number of rotatable bonds is 0. The maximum Gasteiger partial charge on any atom is 0.215 e. The third-order valence-corrected chi connectivity index (χ3v) is 3.89. The first-order valence-corrected chi connectivity index (χ1v) is 6.49. The fraction of sp³-hybridized carbons (Fsp3) is 0.188. The molecule has 3 nitrogen and oxygen atoms in total. The summed E-state index contributed by atoms with van der Waals surface area (Å²) in [5, 5.41) is 0. The minimum atomic E-state index is 1.00. The lowest BCUT2D eigenvalue weighted by molar-refractivity contribution is 0.973. The SMILES string of the molecule is Cc1ccc2nc3n(C)c4cccc(C)c4n3c2c1. The largest absolute Gasteiger partial charge is 0.313 e. The van der Waals surface area contributed by atoms with Crippen LogP contribution in [0.1, 0.15) is 11.1 Å². The van der Waals surface area contributed by atoms with Gasteiger partial charge in [-0.05, 0) is 43.2 Å². The first-order valence-electron chi connectivity index (χ1n) is 6.49. The fourth-order valence-corrected chi connectivity index (χ4v) is 2.93. The van der Waals surface area contributed by atoms with E-state index in [2.05, 4.69) is 66.3 Å². The summed E-state index contributed by atoms with van der Waals surface area (Å²) in [6.45, 7) is 4.28. The first-order chi connectivity index (χ1) is 9.16. The van der Waals surface area contributed by atoms with Crippen LogP contribution < -0.4 is 0 Å². The number of para-hydroxylation sites is 1. The van der Waals surface area contributed by atoms with Crippen LogP contribution in [-0.2, 0) is 7.05 Å². The average molecular weight is 249 g/mol. The molecule has 0 saturated carbocycles. The van der Waals surface area contributed by atoms with E-state index in [0.717, 1.165) is 11.3 Å². The van der Waals surface area contributed by atoms with E-state index < -0.39 is 0 Å². The number of nitrogens with zero attached hydrogens (tertiary/aromatic N) is 3. The maximum atomic E-state index is 4.76. The predicted octanol–water partition coefficient (Wildman–Crippen LogP) is 3.60. The van der Waals surface area contributed by atoms with Crippen LogP contribution in [0.25, 0.3) is 27.8 Å². The summed E-state index contributed by atoms with van der Waals surface area (Å²) in [5.74, 6) is 1.00. The van der Waals surface area contributed by atoms with Crippen LogP contribution in [0.5, 0.6) is 0 Å².